The predicted molar refractivity (Wildman–Crippen MR) is 164 cm³/mol. The van der Waals surface area contributed by atoms with Crippen LogP contribution in [0.2, 0.25) is 0 Å². The standard InChI is InChI=1S/C34H56N2O5/c1-20-21(2)27(37)26(30(3,4)5)15-22(20)14-25(28(38)40-23-16-31(6,7)35-32(8,9)17-23)29(39)41-24-18-33(10,11)36-34(12,13)19-24/h15,23-25,35-37H,14,16-19H2,1-13H3. The number of piperidine rings is 2. The lowest BCUT2D eigenvalue weighted by atomic mass is 9.80. The molecule has 3 rings (SSSR count). The van der Waals surface area contributed by atoms with Crippen LogP contribution in [0.4, 0.5) is 0 Å². The normalized spacial score (nSPS) is 22.4. The van der Waals surface area contributed by atoms with Gasteiger partial charge >= 0.3 is 11.9 Å². The van der Waals surface area contributed by atoms with E-state index < -0.39 is 17.9 Å². The molecule has 232 valence electrons. The van der Waals surface area contributed by atoms with Gasteiger partial charge in [-0.2, -0.15) is 0 Å². The van der Waals surface area contributed by atoms with Crippen LogP contribution in [0.5, 0.6) is 5.75 Å². The third kappa shape index (κ3) is 8.47. The molecule has 7 nitrogen and oxygen atoms in total. The number of carbonyl (C=O) groups is 2. The number of rotatable bonds is 6. The molecule has 7 heteroatoms. The van der Waals surface area contributed by atoms with Crippen molar-refractivity contribution in [3.63, 3.8) is 0 Å². The summed E-state index contributed by atoms with van der Waals surface area (Å²) in [6, 6.07) is 1.94. The fourth-order valence-electron chi connectivity index (χ4n) is 7.35. The number of phenolic OH excluding ortho intramolecular Hbond substituents is 1. The summed E-state index contributed by atoms with van der Waals surface area (Å²) < 4.78 is 12.3. The van der Waals surface area contributed by atoms with Crippen LogP contribution in [-0.4, -0.2) is 51.4 Å². The lowest BCUT2D eigenvalue weighted by Crippen LogP contribution is -2.60. The second-order valence-corrected chi connectivity index (χ2v) is 16.4. The lowest BCUT2D eigenvalue weighted by molar-refractivity contribution is -0.172. The number of hydrogen-bond acceptors (Lipinski definition) is 7. The quantitative estimate of drug-likeness (QED) is 0.277. The number of aromatic hydroxyl groups is 1. The van der Waals surface area contributed by atoms with Crippen LogP contribution in [-0.2, 0) is 30.9 Å². The highest BCUT2D eigenvalue weighted by Gasteiger charge is 2.44. The van der Waals surface area contributed by atoms with E-state index in [1.54, 1.807) is 0 Å². The largest absolute Gasteiger partial charge is 0.507 e. The van der Waals surface area contributed by atoms with Crippen molar-refractivity contribution < 1.29 is 24.2 Å². The molecule has 0 saturated carbocycles. The summed E-state index contributed by atoms with van der Waals surface area (Å²) in [6.07, 6.45) is 2.17. The maximum Gasteiger partial charge on any atom is 0.320 e. The first kappa shape index (κ1) is 33.4. The van der Waals surface area contributed by atoms with Gasteiger partial charge in [0, 0.05) is 47.8 Å². The van der Waals surface area contributed by atoms with Crippen molar-refractivity contribution in [2.24, 2.45) is 5.92 Å². The SMILES string of the molecule is Cc1c(CC(C(=O)OC2CC(C)(C)NC(C)(C)C2)C(=O)OC2CC(C)(C)NC(C)(C)C2)cc(C(C)(C)C)c(O)c1C. The first-order valence-corrected chi connectivity index (χ1v) is 15.2. The monoisotopic (exact) mass is 572 g/mol. The number of esters is 2. The number of carbonyl (C=O) groups excluding carboxylic acids is 2. The van der Waals surface area contributed by atoms with Gasteiger partial charge in [-0.25, -0.2) is 0 Å². The molecule has 0 spiro atoms. The van der Waals surface area contributed by atoms with Crippen LogP contribution < -0.4 is 10.6 Å². The van der Waals surface area contributed by atoms with E-state index in [0.29, 0.717) is 25.7 Å². The first-order valence-electron chi connectivity index (χ1n) is 15.2. The van der Waals surface area contributed by atoms with E-state index in [-0.39, 0.29) is 51.9 Å². The van der Waals surface area contributed by atoms with Gasteiger partial charge in [0.25, 0.3) is 0 Å². The Morgan fingerprint density at radius 3 is 1.51 bits per heavy atom. The molecule has 2 heterocycles. The van der Waals surface area contributed by atoms with E-state index >= 15 is 0 Å². The minimum atomic E-state index is -1.10. The number of phenols is 1. The molecule has 3 N–H and O–H groups in total. The van der Waals surface area contributed by atoms with E-state index in [2.05, 4.69) is 66.0 Å². The summed E-state index contributed by atoms with van der Waals surface area (Å²) in [7, 11) is 0. The molecular weight excluding hydrogens is 516 g/mol. The highest BCUT2D eigenvalue weighted by Crippen LogP contribution is 2.38. The van der Waals surface area contributed by atoms with Crippen molar-refractivity contribution in [3.05, 3.63) is 28.3 Å². The van der Waals surface area contributed by atoms with Crippen LogP contribution in [0, 0.1) is 19.8 Å². The van der Waals surface area contributed by atoms with Crippen LogP contribution in [0.25, 0.3) is 0 Å². The molecule has 1 aromatic carbocycles. The summed E-state index contributed by atoms with van der Waals surface area (Å²) in [5.41, 5.74) is 2.13. The van der Waals surface area contributed by atoms with Crippen LogP contribution in [0.15, 0.2) is 6.07 Å². The average Bonchev–Trinajstić information content (AvgIpc) is 2.71. The minimum absolute atomic E-state index is 0.156. The Hall–Kier alpha value is -2.12. The van der Waals surface area contributed by atoms with Crippen molar-refractivity contribution in [2.75, 3.05) is 0 Å². The number of nitrogens with one attached hydrogen (secondary N) is 2. The molecule has 0 aromatic heterocycles. The maximum atomic E-state index is 13.9. The van der Waals surface area contributed by atoms with Gasteiger partial charge in [0.1, 0.15) is 18.0 Å². The molecule has 2 saturated heterocycles. The van der Waals surface area contributed by atoms with Gasteiger partial charge in [-0.05, 0) is 103 Å². The zero-order chi connectivity index (χ0) is 31.3. The fraction of sp³-hybridized carbons (Fsp3) is 0.765. The summed E-state index contributed by atoms with van der Waals surface area (Å²) in [4.78, 5) is 27.8. The van der Waals surface area contributed by atoms with Gasteiger partial charge in [0.05, 0.1) is 0 Å². The van der Waals surface area contributed by atoms with E-state index in [1.807, 2.05) is 40.7 Å². The van der Waals surface area contributed by atoms with Crippen molar-refractivity contribution in [1.82, 2.24) is 10.6 Å². The Morgan fingerprint density at radius 1 is 0.805 bits per heavy atom. The smallest absolute Gasteiger partial charge is 0.320 e. The molecule has 1 aromatic rings. The Labute approximate surface area is 248 Å². The summed E-state index contributed by atoms with van der Waals surface area (Å²) >= 11 is 0. The topological polar surface area (TPSA) is 96.9 Å². The molecule has 0 radical (unpaired) electrons. The molecule has 0 unspecified atom stereocenters. The van der Waals surface area contributed by atoms with Crippen molar-refractivity contribution >= 4 is 11.9 Å². The maximum absolute atomic E-state index is 13.9. The predicted octanol–water partition coefficient (Wildman–Crippen LogP) is 6.17. The molecule has 0 aliphatic carbocycles. The first-order chi connectivity index (χ1) is 18.4. The van der Waals surface area contributed by atoms with Crippen LogP contribution in [0.3, 0.4) is 0 Å². The number of hydrogen-bond donors (Lipinski definition) is 3. The van der Waals surface area contributed by atoms with Crippen LogP contribution in [0.1, 0.15) is 124 Å². The van der Waals surface area contributed by atoms with E-state index in [1.165, 1.54) is 0 Å². The molecule has 0 bridgehead atoms. The Kier molecular flexibility index (Phi) is 9.10. The van der Waals surface area contributed by atoms with Crippen LogP contribution >= 0.6 is 0 Å². The summed E-state index contributed by atoms with van der Waals surface area (Å²) in [5.74, 6) is -1.92. The number of benzene rings is 1. The molecule has 41 heavy (non-hydrogen) atoms. The second-order valence-electron chi connectivity index (χ2n) is 16.4. The lowest BCUT2D eigenvalue weighted by Gasteiger charge is -2.46. The van der Waals surface area contributed by atoms with Gasteiger partial charge < -0.3 is 25.2 Å². The molecule has 0 atom stereocenters. The highest BCUT2D eigenvalue weighted by molar-refractivity contribution is 5.95. The van der Waals surface area contributed by atoms with E-state index in [4.69, 9.17) is 9.47 Å². The van der Waals surface area contributed by atoms with Gasteiger partial charge in [-0.15, -0.1) is 0 Å². The molecule has 2 aliphatic rings. The van der Waals surface area contributed by atoms with Gasteiger partial charge in [-0.3, -0.25) is 9.59 Å². The average molecular weight is 573 g/mol. The summed E-state index contributed by atoms with van der Waals surface area (Å²) in [5, 5.41) is 18.2. The third-order valence-corrected chi connectivity index (χ3v) is 8.65. The molecular formula is C34H56N2O5. The second kappa shape index (κ2) is 11.2. The van der Waals surface area contributed by atoms with Crippen molar-refractivity contribution in [3.8, 4) is 5.75 Å². The Balaban J connectivity index is 1.96. The van der Waals surface area contributed by atoms with Gasteiger partial charge in [-0.1, -0.05) is 26.8 Å². The van der Waals surface area contributed by atoms with E-state index in [0.717, 1.165) is 22.3 Å². The molecule has 2 fully saturated rings. The van der Waals surface area contributed by atoms with Crippen molar-refractivity contribution in [1.29, 1.82) is 0 Å². The number of ether oxygens (including phenoxy) is 2. The fourth-order valence-corrected chi connectivity index (χ4v) is 7.35. The summed E-state index contributed by atoms with van der Waals surface area (Å²) in [6.45, 7) is 26.8. The Morgan fingerprint density at radius 2 is 1.17 bits per heavy atom. The molecule has 2 aliphatic heterocycles. The van der Waals surface area contributed by atoms with E-state index in [9.17, 15) is 14.7 Å². The zero-order valence-electron chi connectivity index (χ0n) is 27.9. The zero-order valence-corrected chi connectivity index (χ0v) is 27.9. The highest BCUT2D eigenvalue weighted by atomic mass is 16.6. The minimum Gasteiger partial charge on any atom is -0.507 e. The van der Waals surface area contributed by atoms with Crippen molar-refractivity contribution in [2.45, 2.75) is 162 Å². The van der Waals surface area contributed by atoms with Gasteiger partial charge in [0.15, 0.2) is 5.92 Å². The third-order valence-electron chi connectivity index (χ3n) is 8.65. The molecule has 0 amide bonds. The van der Waals surface area contributed by atoms with Gasteiger partial charge in [0.2, 0.25) is 0 Å². The Bertz CT molecular complexity index is 1070.